The Labute approximate surface area is 104 Å². The van der Waals surface area contributed by atoms with Crippen LogP contribution in [0.2, 0.25) is 0 Å². The summed E-state index contributed by atoms with van der Waals surface area (Å²) < 4.78 is 9.91. The molecule has 0 saturated heterocycles. The van der Waals surface area contributed by atoms with Crippen LogP contribution in [0.25, 0.3) is 0 Å². The predicted octanol–water partition coefficient (Wildman–Crippen LogP) is 1.91. The Morgan fingerprint density at radius 2 is 2.39 bits per heavy atom. The molecule has 1 aromatic carbocycles. The van der Waals surface area contributed by atoms with E-state index in [0.29, 0.717) is 29.3 Å². The Kier molecular flexibility index (Phi) is 3.47. The Morgan fingerprint density at radius 3 is 3.00 bits per heavy atom. The molecular weight excluding hydrogens is 234 g/mol. The number of nitrogens with zero attached hydrogens (tertiary/aromatic N) is 1. The SMILES string of the molecule is CCOc1ccc(C(=O)Nc2cnoc2)cc1N. The number of rotatable bonds is 4. The van der Waals surface area contributed by atoms with E-state index in [9.17, 15) is 4.79 Å². The monoisotopic (exact) mass is 247 g/mol. The van der Waals surface area contributed by atoms with E-state index >= 15 is 0 Å². The fourth-order valence-electron chi connectivity index (χ4n) is 1.45. The van der Waals surface area contributed by atoms with Gasteiger partial charge >= 0.3 is 0 Å². The zero-order valence-corrected chi connectivity index (χ0v) is 9.84. The molecule has 0 spiro atoms. The highest BCUT2D eigenvalue weighted by Gasteiger charge is 2.09. The number of nitrogen functional groups attached to an aromatic ring is 1. The van der Waals surface area contributed by atoms with E-state index in [1.54, 1.807) is 18.2 Å². The normalized spacial score (nSPS) is 10.1. The molecular formula is C12H13N3O3. The summed E-state index contributed by atoms with van der Waals surface area (Å²) in [5.41, 5.74) is 7.14. The standard InChI is InChI=1S/C12H13N3O3/c1-2-17-11-4-3-8(5-10(11)13)12(16)15-9-6-14-18-7-9/h3-7H,2,13H2,1H3,(H,15,16). The number of carbonyl (C=O) groups is 1. The number of hydrogen-bond acceptors (Lipinski definition) is 5. The van der Waals surface area contributed by atoms with Crippen molar-refractivity contribution in [3.8, 4) is 5.75 Å². The van der Waals surface area contributed by atoms with Crippen LogP contribution in [0.5, 0.6) is 5.75 Å². The molecule has 6 heteroatoms. The van der Waals surface area contributed by atoms with E-state index in [1.807, 2.05) is 6.92 Å². The Balaban J connectivity index is 2.13. The third-order valence-corrected chi connectivity index (χ3v) is 2.26. The fraction of sp³-hybridized carbons (Fsp3) is 0.167. The Bertz CT molecular complexity index is 538. The lowest BCUT2D eigenvalue weighted by atomic mass is 10.1. The van der Waals surface area contributed by atoms with Crippen LogP contribution >= 0.6 is 0 Å². The first-order valence-electron chi connectivity index (χ1n) is 5.43. The van der Waals surface area contributed by atoms with Gasteiger partial charge in [-0.1, -0.05) is 5.16 Å². The van der Waals surface area contributed by atoms with Gasteiger partial charge in [0.2, 0.25) is 0 Å². The lowest BCUT2D eigenvalue weighted by Gasteiger charge is -2.08. The van der Waals surface area contributed by atoms with Crippen LogP contribution in [0.4, 0.5) is 11.4 Å². The first-order chi connectivity index (χ1) is 8.70. The van der Waals surface area contributed by atoms with Crippen molar-refractivity contribution in [2.75, 3.05) is 17.7 Å². The van der Waals surface area contributed by atoms with E-state index in [0.717, 1.165) is 0 Å². The van der Waals surface area contributed by atoms with E-state index in [-0.39, 0.29) is 5.91 Å². The zero-order chi connectivity index (χ0) is 13.0. The molecule has 1 heterocycles. The highest BCUT2D eigenvalue weighted by atomic mass is 16.5. The second-order valence-corrected chi connectivity index (χ2v) is 3.55. The number of ether oxygens (including phenoxy) is 1. The fourth-order valence-corrected chi connectivity index (χ4v) is 1.45. The van der Waals surface area contributed by atoms with Crippen LogP contribution in [0, 0.1) is 0 Å². The van der Waals surface area contributed by atoms with Crippen LogP contribution in [-0.2, 0) is 0 Å². The predicted molar refractivity (Wildman–Crippen MR) is 66.5 cm³/mol. The van der Waals surface area contributed by atoms with Crippen molar-refractivity contribution < 1.29 is 14.1 Å². The largest absolute Gasteiger partial charge is 0.492 e. The van der Waals surface area contributed by atoms with Crippen molar-refractivity contribution in [2.24, 2.45) is 0 Å². The summed E-state index contributed by atoms with van der Waals surface area (Å²) in [4.78, 5) is 11.9. The van der Waals surface area contributed by atoms with Crippen LogP contribution in [-0.4, -0.2) is 17.7 Å². The van der Waals surface area contributed by atoms with Gasteiger partial charge in [-0.15, -0.1) is 0 Å². The Hall–Kier alpha value is -2.50. The molecule has 3 N–H and O–H groups in total. The van der Waals surface area contributed by atoms with Gasteiger partial charge in [-0.3, -0.25) is 4.79 Å². The minimum absolute atomic E-state index is 0.284. The number of nitrogens with two attached hydrogens (primary N) is 1. The van der Waals surface area contributed by atoms with Gasteiger partial charge < -0.3 is 20.3 Å². The average Bonchev–Trinajstić information content (AvgIpc) is 2.84. The highest BCUT2D eigenvalue weighted by Crippen LogP contribution is 2.23. The summed E-state index contributed by atoms with van der Waals surface area (Å²) in [7, 11) is 0. The topological polar surface area (TPSA) is 90.4 Å². The van der Waals surface area contributed by atoms with E-state index in [4.69, 9.17) is 10.5 Å². The van der Waals surface area contributed by atoms with Gasteiger partial charge in [0.15, 0.2) is 0 Å². The zero-order valence-electron chi connectivity index (χ0n) is 9.84. The molecule has 0 bridgehead atoms. The third kappa shape index (κ3) is 2.60. The summed E-state index contributed by atoms with van der Waals surface area (Å²) in [5, 5.41) is 6.12. The van der Waals surface area contributed by atoms with Crippen molar-refractivity contribution >= 4 is 17.3 Å². The quantitative estimate of drug-likeness (QED) is 0.805. The van der Waals surface area contributed by atoms with Gasteiger partial charge in [0, 0.05) is 5.56 Å². The van der Waals surface area contributed by atoms with Gasteiger partial charge in [0.25, 0.3) is 5.91 Å². The van der Waals surface area contributed by atoms with Crippen LogP contribution in [0.15, 0.2) is 35.2 Å². The first-order valence-corrected chi connectivity index (χ1v) is 5.43. The number of nitrogens with one attached hydrogen (secondary N) is 1. The van der Waals surface area contributed by atoms with Crippen molar-refractivity contribution in [1.29, 1.82) is 0 Å². The number of aromatic nitrogens is 1. The third-order valence-electron chi connectivity index (χ3n) is 2.26. The molecule has 94 valence electrons. The number of hydrogen-bond donors (Lipinski definition) is 2. The summed E-state index contributed by atoms with van der Waals surface area (Å²) >= 11 is 0. The second kappa shape index (κ2) is 5.22. The lowest BCUT2D eigenvalue weighted by Crippen LogP contribution is -2.12. The van der Waals surface area contributed by atoms with Crippen LogP contribution in [0.3, 0.4) is 0 Å². The van der Waals surface area contributed by atoms with Gasteiger partial charge in [0.05, 0.1) is 18.5 Å². The van der Waals surface area contributed by atoms with Crippen molar-refractivity contribution in [1.82, 2.24) is 5.16 Å². The van der Waals surface area contributed by atoms with Gasteiger partial charge in [0.1, 0.15) is 17.7 Å². The van der Waals surface area contributed by atoms with E-state index < -0.39 is 0 Å². The maximum atomic E-state index is 11.9. The molecule has 0 aliphatic carbocycles. The van der Waals surface area contributed by atoms with Gasteiger partial charge in [-0.05, 0) is 25.1 Å². The number of anilines is 2. The number of benzene rings is 1. The molecule has 6 nitrogen and oxygen atoms in total. The molecule has 0 aliphatic rings. The molecule has 0 unspecified atom stereocenters. The number of amides is 1. The van der Waals surface area contributed by atoms with Crippen molar-refractivity contribution in [2.45, 2.75) is 6.92 Å². The Morgan fingerprint density at radius 1 is 1.56 bits per heavy atom. The van der Waals surface area contributed by atoms with Crippen molar-refractivity contribution in [3.63, 3.8) is 0 Å². The first kappa shape index (κ1) is 12.0. The minimum Gasteiger partial charge on any atom is -0.492 e. The molecule has 0 atom stereocenters. The molecule has 0 saturated carbocycles. The molecule has 18 heavy (non-hydrogen) atoms. The molecule has 1 amide bonds. The minimum atomic E-state index is -0.284. The summed E-state index contributed by atoms with van der Waals surface area (Å²) in [6.07, 6.45) is 2.76. The average molecular weight is 247 g/mol. The van der Waals surface area contributed by atoms with Gasteiger partial charge in [-0.2, -0.15) is 0 Å². The molecule has 1 aromatic heterocycles. The second-order valence-electron chi connectivity index (χ2n) is 3.55. The summed E-state index contributed by atoms with van der Waals surface area (Å²) in [5.74, 6) is 0.284. The van der Waals surface area contributed by atoms with Crippen molar-refractivity contribution in [3.05, 3.63) is 36.2 Å². The van der Waals surface area contributed by atoms with E-state index in [2.05, 4.69) is 15.0 Å². The van der Waals surface area contributed by atoms with E-state index in [1.165, 1.54) is 12.5 Å². The summed E-state index contributed by atoms with van der Waals surface area (Å²) in [6.45, 7) is 2.39. The smallest absolute Gasteiger partial charge is 0.255 e. The summed E-state index contributed by atoms with van der Waals surface area (Å²) in [6, 6.07) is 4.87. The molecule has 2 rings (SSSR count). The maximum Gasteiger partial charge on any atom is 0.255 e. The molecule has 0 aliphatic heterocycles. The molecule has 2 aromatic rings. The lowest BCUT2D eigenvalue weighted by molar-refractivity contribution is 0.102. The molecule has 0 fully saturated rings. The number of carbonyl (C=O) groups excluding carboxylic acids is 1. The van der Waals surface area contributed by atoms with Crippen LogP contribution < -0.4 is 15.8 Å². The molecule has 0 radical (unpaired) electrons. The van der Waals surface area contributed by atoms with Gasteiger partial charge in [-0.25, -0.2) is 0 Å². The van der Waals surface area contributed by atoms with Crippen LogP contribution in [0.1, 0.15) is 17.3 Å². The highest BCUT2D eigenvalue weighted by molar-refractivity contribution is 6.04. The maximum absolute atomic E-state index is 11.9.